The molecule has 0 heterocycles. The van der Waals surface area contributed by atoms with Gasteiger partial charge in [0.05, 0.1) is 0 Å². The second-order valence-electron chi connectivity index (χ2n) is 5.02. The molecule has 0 fully saturated rings. The molecule has 0 aromatic heterocycles. The zero-order chi connectivity index (χ0) is 14.4. The molecule has 0 radical (unpaired) electrons. The highest BCUT2D eigenvalue weighted by Gasteiger charge is 2.17. The Morgan fingerprint density at radius 1 is 1.37 bits per heavy atom. The summed E-state index contributed by atoms with van der Waals surface area (Å²) in [6, 6.07) is 7.30. The summed E-state index contributed by atoms with van der Waals surface area (Å²) < 4.78 is 1.12. The van der Waals surface area contributed by atoms with Crippen LogP contribution in [0.15, 0.2) is 35.3 Å². The molecule has 0 aliphatic rings. The van der Waals surface area contributed by atoms with Gasteiger partial charge in [0.1, 0.15) is 0 Å². The molecular weight excluding hydrogens is 300 g/mol. The third kappa shape index (κ3) is 4.36. The lowest BCUT2D eigenvalue weighted by molar-refractivity contribution is 0.593. The molecule has 1 unspecified atom stereocenters. The average molecular weight is 325 g/mol. The van der Waals surface area contributed by atoms with Crippen LogP contribution in [0.1, 0.15) is 39.3 Å². The molecule has 0 saturated carbocycles. The summed E-state index contributed by atoms with van der Waals surface area (Å²) >= 11 is 3.58. The van der Waals surface area contributed by atoms with E-state index in [-0.39, 0.29) is 0 Å². The zero-order valence-electron chi connectivity index (χ0n) is 12.4. The number of nitrogens with zero attached hydrogens (tertiary/aromatic N) is 1. The lowest BCUT2D eigenvalue weighted by Crippen LogP contribution is -2.32. The molecule has 0 bridgehead atoms. The lowest BCUT2D eigenvalue weighted by Gasteiger charge is -2.31. The van der Waals surface area contributed by atoms with Crippen LogP contribution in [0.25, 0.3) is 0 Å². The van der Waals surface area contributed by atoms with Crippen molar-refractivity contribution >= 4 is 21.6 Å². The van der Waals surface area contributed by atoms with Gasteiger partial charge in [-0.05, 0) is 45.0 Å². The summed E-state index contributed by atoms with van der Waals surface area (Å²) in [5.41, 5.74) is 2.61. The van der Waals surface area contributed by atoms with E-state index in [1.165, 1.54) is 11.3 Å². The van der Waals surface area contributed by atoms with Crippen LogP contribution in [0.2, 0.25) is 0 Å². The Morgan fingerprint density at radius 3 is 2.58 bits per heavy atom. The molecule has 3 heteroatoms. The van der Waals surface area contributed by atoms with Crippen molar-refractivity contribution in [1.82, 2.24) is 5.32 Å². The minimum atomic E-state index is 0.346. The van der Waals surface area contributed by atoms with E-state index in [1.807, 2.05) is 6.08 Å². The van der Waals surface area contributed by atoms with Gasteiger partial charge in [0.2, 0.25) is 0 Å². The van der Waals surface area contributed by atoms with E-state index < -0.39 is 0 Å². The van der Waals surface area contributed by atoms with Gasteiger partial charge in [-0.15, -0.1) is 6.58 Å². The van der Waals surface area contributed by atoms with Crippen molar-refractivity contribution in [1.29, 1.82) is 0 Å². The number of nitrogens with one attached hydrogen (secondary N) is 1. The van der Waals surface area contributed by atoms with Gasteiger partial charge >= 0.3 is 0 Å². The molecule has 2 nitrogen and oxygen atoms in total. The third-order valence-corrected chi connectivity index (χ3v) is 3.72. The number of anilines is 1. The van der Waals surface area contributed by atoms with Gasteiger partial charge in [-0.2, -0.15) is 0 Å². The summed E-state index contributed by atoms with van der Waals surface area (Å²) in [6.07, 6.45) is 1.96. The van der Waals surface area contributed by atoms with Gasteiger partial charge < -0.3 is 10.2 Å². The van der Waals surface area contributed by atoms with E-state index in [2.05, 4.69) is 78.6 Å². The molecule has 0 saturated heterocycles. The van der Waals surface area contributed by atoms with Crippen molar-refractivity contribution in [3.8, 4) is 0 Å². The molecule has 1 rings (SSSR count). The number of hydrogen-bond donors (Lipinski definition) is 1. The maximum absolute atomic E-state index is 3.87. The van der Waals surface area contributed by atoms with Crippen molar-refractivity contribution in [3.63, 3.8) is 0 Å². The summed E-state index contributed by atoms with van der Waals surface area (Å²) in [7, 11) is 0. The smallest absolute Gasteiger partial charge is 0.0431 e. The first-order valence-corrected chi connectivity index (χ1v) is 7.70. The van der Waals surface area contributed by atoms with Gasteiger partial charge in [0.25, 0.3) is 0 Å². The molecule has 0 aliphatic heterocycles. The first-order chi connectivity index (χ1) is 9.01. The number of hydrogen-bond acceptors (Lipinski definition) is 2. The molecule has 106 valence electrons. The lowest BCUT2D eigenvalue weighted by atomic mass is 10.0. The molecule has 1 N–H and O–H groups in total. The number of benzene rings is 1. The Bertz CT molecular complexity index is 415. The quantitative estimate of drug-likeness (QED) is 0.742. The van der Waals surface area contributed by atoms with Crippen molar-refractivity contribution in [3.05, 3.63) is 40.9 Å². The Labute approximate surface area is 126 Å². The predicted molar refractivity (Wildman–Crippen MR) is 88.9 cm³/mol. The van der Waals surface area contributed by atoms with Gasteiger partial charge in [0.15, 0.2) is 0 Å². The van der Waals surface area contributed by atoms with Crippen LogP contribution in [-0.2, 0) is 0 Å². The van der Waals surface area contributed by atoms with Gasteiger partial charge in [0, 0.05) is 28.8 Å². The van der Waals surface area contributed by atoms with Crippen LogP contribution >= 0.6 is 15.9 Å². The molecule has 1 aromatic rings. The minimum absolute atomic E-state index is 0.346. The van der Waals surface area contributed by atoms with Gasteiger partial charge in [-0.3, -0.25) is 0 Å². The highest BCUT2D eigenvalue weighted by atomic mass is 79.9. The van der Waals surface area contributed by atoms with Crippen molar-refractivity contribution in [2.75, 3.05) is 18.0 Å². The maximum atomic E-state index is 3.87. The van der Waals surface area contributed by atoms with Crippen LogP contribution in [0.5, 0.6) is 0 Å². The van der Waals surface area contributed by atoms with Gasteiger partial charge in [-0.25, -0.2) is 0 Å². The SMILES string of the molecule is C=CCN(c1cc(Br)ccc1C(C)NCC)C(C)C. The monoisotopic (exact) mass is 324 g/mol. The molecule has 0 amide bonds. The van der Waals surface area contributed by atoms with Crippen LogP contribution < -0.4 is 10.2 Å². The Balaban J connectivity index is 3.21. The molecular formula is C16H25BrN2. The Hall–Kier alpha value is -0.800. The number of rotatable bonds is 7. The Morgan fingerprint density at radius 2 is 2.05 bits per heavy atom. The fraction of sp³-hybridized carbons (Fsp3) is 0.500. The number of halogens is 1. The van der Waals surface area contributed by atoms with Gasteiger partial charge in [-0.1, -0.05) is 35.0 Å². The van der Waals surface area contributed by atoms with E-state index >= 15 is 0 Å². The van der Waals surface area contributed by atoms with Crippen molar-refractivity contribution in [2.45, 2.75) is 39.8 Å². The molecule has 1 aromatic carbocycles. The Kier molecular flexibility index (Phi) is 6.59. The molecule has 0 spiro atoms. The van der Waals surface area contributed by atoms with E-state index in [4.69, 9.17) is 0 Å². The fourth-order valence-electron chi connectivity index (χ4n) is 2.27. The van der Waals surface area contributed by atoms with Crippen LogP contribution in [0.3, 0.4) is 0 Å². The van der Waals surface area contributed by atoms with E-state index in [1.54, 1.807) is 0 Å². The fourth-order valence-corrected chi connectivity index (χ4v) is 2.62. The first kappa shape index (κ1) is 16.3. The van der Waals surface area contributed by atoms with Crippen LogP contribution in [0.4, 0.5) is 5.69 Å². The van der Waals surface area contributed by atoms with E-state index in [0.717, 1.165) is 17.6 Å². The second-order valence-corrected chi connectivity index (χ2v) is 5.93. The van der Waals surface area contributed by atoms with Crippen molar-refractivity contribution < 1.29 is 0 Å². The van der Waals surface area contributed by atoms with Crippen LogP contribution in [-0.4, -0.2) is 19.1 Å². The first-order valence-electron chi connectivity index (χ1n) is 6.91. The third-order valence-electron chi connectivity index (χ3n) is 3.23. The largest absolute Gasteiger partial charge is 0.365 e. The predicted octanol–water partition coefficient (Wildman–Crippen LogP) is 4.52. The highest BCUT2D eigenvalue weighted by molar-refractivity contribution is 9.10. The normalized spacial score (nSPS) is 12.5. The molecule has 0 aliphatic carbocycles. The maximum Gasteiger partial charge on any atom is 0.0431 e. The van der Waals surface area contributed by atoms with Crippen LogP contribution in [0, 0.1) is 0 Å². The zero-order valence-corrected chi connectivity index (χ0v) is 14.0. The van der Waals surface area contributed by atoms with E-state index in [9.17, 15) is 0 Å². The molecule has 19 heavy (non-hydrogen) atoms. The second kappa shape index (κ2) is 7.71. The summed E-state index contributed by atoms with van der Waals surface area (Å²) in [5.74, 6) is 0. The minimum Gasteiger partial charge on any atom is -0.365 e. The standard InChI is InChI=1S/C16H25BrN2/c1-6-10-19(12(3)4)16-11-14(17)8-9-15(16)13(5)18-7-2/h6,8-9,11-13,18H,1,7,10H2,2-5H3. The summed E-state index contributed by atoms with van der Waals surface area (Å²) in [5, 5.41) is 3.49. The average Bonchev–Trinajstić information content (AvgIpc) is 2.35. The van der Waals surface area contributed by atoms with E-state index in [0.29, 0.717) is 12.1 Å². The molecule has 1 atom stereocenters. The summed E-state index contributed by atoms with van der Waals surface area (Å²) in [4.78, 5) is 2.38. The summed E-state index contributed by atoms with van der Waals surface area (Å²) in [6.45, 7) is 14.5. The topological polar surface area (TPSA) is 15.3 Å². The van der Waals surface area contributed by atoms with Crippen molar-refractivity contribution in [2.24, 2.45) is 0 Å². The highest BCUT2D eigenvalue weighted by Crippen LogP contribution is 2.31.